The topological polar surface area (TPSA) is 53.6 Å². The highest BCUT2D eigenvalue weighted by atomic mass is 19.2. The van der Waals surface area contributed by atoms with Crippen LogP contribution >= 0.6 is 0 Å². The first-order valence-corrected chi connectivity index (χ1v) is 6.21. The van der Waals surface area contributed by atoms with E-state index in [1.165, 1.54) is 0 Å². The van der Waals surface area contributed by atoms with Crippen molar-refractivity contribution in [1.29, 1.82) is 0 Å². The van der Waals surface area contributed by atoms with Gasteiger partial charge >= 0.3 is 6.09 Å². The number of amides is 1. The summed E-state index contributed by atoms with van der Waals surface area (Å²) < 4.78 is 19.2. The van der Waals surface area contributed by atoms with Crippen molar-refractivity contribution in [3.05, 3.63) is 0 Å². The summed E-state index contributed by atoms with van der Waals surface area (Å²) in [4.78, 5) is 13.5. The molecule has 0 spiro atoms. The van der Waals surface area contributed by atoms with Gasteiger partial charge in [0.15, 0.2) is 0 Å². The zero-order chi connectivity index (χ0) is 12.3. The molecular formula is C11H20FN3O2. The van der Waals surface area contributed by atoms with Crippen molar-refractivity contribution >= 4 is 6.09 Å². The van der Waals surface area contributed by atoms with Gasteiger partial charge in [0.1, 0.15) is 0 Å². The number of piperidine rings is 1. The van der Waals surface area contributed by atoms with E-state index in [-0.39, 0.29) is 18.9 Å². The molecule has 1 unspecified atom stereocenters. The van der Waals surface area contributed by atoms with Crippen molar-refractivity contribution in [2.24, 2.45) is 0 Å². The molecule has 98 valence electrons. The molecule has 1 atom stereocenters. The van der Waals surface area contributed by atoms with Crippen LogP contribution in [-0.4, -0.2) is 55.6 Å². The van der Waals surface area contributed by atoms with E-state index in [9.17, 15) is 9.18 Å². The monoisotopic (exact) mass is 245 g/mol. The largest absolute Gasteiger partial charge is 0.412 e. The van der Waals surface area contributed by atoms with Crippen molar-refractivity contribution in [1.82, 2.24) is 15.5 Å². The van der Waals surface area contributed by atoms with E-state index in [0.29, 0.717) is 19.6 Å². The Hall–Kier alpha value is -0.880. The Morgan fingerprint density at radius 1 is 1.35 bits per heavy atom. The molecule has 2 saturated heterocycles. The highest BCUT2D eigenvalue weighted by Crippen LogP contribution is 2.26. The van der Waals surface area contributed by atoms with Gasteiger partial charge in [-0.25, -0.2) is 4.79 Å². The van der Waals surface area contributed by atoms with E-state index in [1.807, 2.05) is 6.92 Å². The van der Waals surface area contributed by atoms with Gasteiger partial charge in [0.05, 0.1) is 0 Å². The van der Waals surface area contributed by atoms with Crippen LogP contribution in [0, 0.1) is 0 Å². The Bertz CT molecular complexity index is 282. The predicted molar refractivity (Wildman–Crippen MR) is 61.5 cm³/mol. The molecule has 0 saturated carbocycles. The zero-order valence-corrected chi connectivity index (χ0v) is 10.2. The average Bonchev–Trinajstić information content (AvgIpc) is 2.29. The molecule has 1 amide bonds. The lowest BCUT2D eigenvalue weighted by molar-refractivity contribution is -0.125. The van der Waals surface area contributed by atoms with E-state index < -0.39 is 11.9 Å². The highest BCUT2D eigenvalue weighted by Gasteiger charge is 2.38. The van der Waals surface area contributed by atoms with Gasteiger partial charge in [0, 0.05) is 51.6 Å². The van der Waals surface area contributed by atoms with Gasteiger partial charge < -0.3 is 20.3 Å². The summed E-state index contributed by atoms with van der Waals surface area (Å²) in [7, 11) is 0. The second kappa shape index (κ2) is 5.18. The lowest BCUT2D eigenvalue weighted by Crippen LogP contribution is -2.54. The Morgan fingerprint density at radius 3 is 2.71 bits per heavy atom. The minimum absolute atomic E-state index is 0.0570. The molecular weight excluding hydrogens is 225 g/mol. The first-order chi connectivity index (χ1) is 8.11. The predicted octanol–water partition coefficient (Wildman–Crippen LogP) is 0.466. The molecule has 0 aromatic heterocycles. The smallest absolute Gasteiger partial charge is 0.412 e. The molecule has 0 aromatic carbocycles. The molecule has 2 heterocycles. The third-order valence-electron chi connectivity index (χ3n) is 3.36. The van der Waals surface area contributed by atoms with Gasteiger partial charge in [-0.1, -0.05) is 0 Å². The summed E-state index contributed by atoms with van der Waals surface area (Å²) >= 11 is 0. The second-order valence-corrected chi connectivity index (χ2v) is 4.75. The lowest BCUT2D eigenvalue weighted by atomic mass is 10.1. The maximum Gasteiger partial charge on any atom is 0.412 e. The van der Waals surface area contributed by atoms with Crippen LogP contribution in [0.15, 0.2) is 0 Å². The van der Waals surface area contributed by atoms with Crippen LogP contribution in [0.5, 0.6) is 0 Å². The molecule has 2 rings (SSSR count). The number of halogens is 1. The third-order valence-corrected chi connectivity index (χ3v) is 3.36. The van der Waals surface area contributed by atoms with Crippen molar-refractivity contribution in [3.63, 3.8) is 0 Å². The van der Waals surface area contributed by atoms with Gasteiger partial charge in [0.25, 0.3) is 5.85 Å². The molecule has 2 aliphatic heterocycles. The number of carbonyl (C=O) groups excluding carboxylic acids is 1. The van der Waals surface area contributed by atoms with Gasteiger partial charge in [-0.15, -0.1) is 0 Å². The normalized spacial score (nSPS) is 28.8. The number of hydrogen-bond donors (Lipinski definition) is 2. The van der Waals surface area contributed by atoms with Crippen LogP contribution in [0.25, 0.3) is 0 Å². The fraction of sp³-hybridized carbons (Fsp3) is 0.909. The fourth-order valence-corrected chi connectivity index (χ4v) is 2.23. The molecule has 2 fully saturated rings. The SMILES string of the molecule is CC1CNCCN1C(=O)OC1(F)CCNCC1. The summed E-state index contributed by atoms with van der Waals surface area (Å²) in [6.45, 7) is 5.09. The van der Waals surface area contributed by atoms with E-state index in [1.54, 1.807) is 4.90 Å². The Morgan fingerprint density at radius 2 is 2.06 bits per heavy atom. The maximum atomic E-state index is 14.2. The summed E-state index contributed by atoms with van der Waals surface area (Å²) in [6.07, 6.45) is -0.0540. The number of rotatable bonds is 1. The van der Waals surface area contributed by atoms with E-state index in [2.05, 4.69) is 10.6 Å². The summed E-state index contributed by atoms with van der Waals surface area (Å²) in [5.74, 6) is -1.78. The molecule has 0 radical (unpaired) electrons. The second-order valence-electron chi connectivity index (χ2n) is 4.75. The minimum atomic E-state index is -1.78. The quantitative estimate of drug-likeness (QED) is 0.705. The Balaban J connectivity index is 1.90. The van der Waals surface area contributed by atoms with Crippen molar-refractivity contribution < 1.29 is 13.9 Å². The fourth-order valence-electron chi connectivity index (χ4n) is 2.23. The number of nitrogens with zero attached hydrogens (tertiary/aromatic N) is 1. The summed E-state index contributed by atoms with van der Waals surface area (Å²) in [6, 6.07) is 0.0570. The number of ether oxygens (including phenoxy) is 1. The first-order valence-electron chi connectivity index (χ1n) is 6.21. The van der Waals surface area contributed by atoms with Crippen LogP contribution in [0.1, 0.15) is 19.8 Å². The Labute approximate surface area is 101 Å². The number of piperazine rings is 1. The molecule has 6 heteroatoms. The Kier molecular flexibility index (Phi) is 3.83. The van der Waals surface area contributed by atoms with Crippen LogP contribution in [0.4, 0.5) is 9.18 Å². The van der Waals surface area contributed by atoms with Crippen LogP contribution in [0.3, 0.4) is 0 Å². The molecule has 0 aliphatic carbocycles. The number of hydrogen-bond acceptors (Lipinski definition) is 4. The number of alkyl halides is 1. The van der Waals surface area contributed by atoms with Gasteiger partial charge in [-0.05, 0) is 6.92 Å². The minimum Gasteiger partial charge on any atom is -0.412 e. The molecule has 17 heavy (non-hydrogen) atoms. The lowest BCUT2D eigenvalue weighted by Gasteiger charge is -2.36. The number of nitrogens with one attached hydrogen (secondary N) is 2. The van der Waals surface area contributed by atoms with E-state index >= 15 is 0 Å². The van der Waals surface area contributed by atoms with Gasteiger partial charge in [-0.2, -0.15) is 4.39 Å². The van der Waals surface area contributed by atoms with Gasteiger partial charge in [0.2, 0.25) is 0 Å². The van der Waals surface area contributed by atoms with E-state index in [0.717, 1.165) is 13.1 Å². The standard InChI is InChI=1S/C11H20FN3O2/c1-9-8-14-6-7-15(9)10(16)17-11(12)2-4-13-5-3-11/h9,13-14H,2-8H2,1H3. The first kappa shape index (κ1) is 12.6. The third kappa shape index (κ3) is 3.07. The van der Waals surface area contributed by atoms with Crippen LogP contribution in [-0.2, 0) is 4.74 Å². The zero-order valence-electron chi connectivity index (χ0n) is 10.2. The molecule has 0 bridgehead atoms. The number of carbonyl (C=O) groups is 1. The molecule has 2 N–H and O–H groups in total. The van der Waals surface area contributed by atoms with Crippen LogP contribution < -0.4 is 10.6 Å². The van der Waals surface area contributed by atoms with Crippen molar-refractivity contribution in [3.8, 4) is 0 Å². The summed E-state index contributed by atoms with van der Waals surface area (Å²) in [5, 5.41) is 6.23. The van der Waals surface area contributed by atoms with Crippen LogP contribution in [0.2, 0.25) is 0 Å². The van der Waals surface area contributed by atoms with E-state index in [4.69, 9.17) is 4.74 Å². The molecule has 0 aromatic rings. The molecule has 5 nitrogen and oxygen atoms in total. The van der Waals surface area contributed by atoms with Gasteiger partial charge in [-0.3, -0.25) is 0 Å². The summed E-state index contributed by atoms with van der Waals surface area (Å²) in [5.41, 5.74) is 0. The van der Waals surface area contributed by atoms with Crippen molar-refractivity contribution in [2.75, 3.05) is 32.7 Å². The molecule has 2 aliphatic rings. The highest BCUT2D eigenvalue weighted by molar-refractivity contribution is 5.68. The van der Waals surface area contributed by atoms with Crippen molar-refractivity contribution in [2.45, 2.75) is 31.7 Å². The maximum absolute atomic E-state index is 14.2. The average molecular weight is 245 g/mol.